The van der Waals surface area contributed by atoms with Crippen molar-refractivity contribution in [2.24, 2.45) is 0 Å². The van der Waals surface area contributed by atoms with Crippen LogP contribution in [0.4, 0.5) is 0 Å². The third-order valence-corrected chi connectivity index (χ3v) is 29.8. The summed E-state index contributed by atoms with van der Waals surface area (Å²) in [4.78, 5) is 92.7. The van der Waals surface area contributed by atoms with E-state index in [4.69, 9.17) is 66.3 Å². The van der Waals surface area contributed by atoms with Crippen LogP contribution in [-0.2, 0) is 75.0 Å². The first-order valence-electron chi connectivity index (χ1n) is 42.4. The third kappa shape index (κ3) is 14.3. The van der Waals surface area contributed by atoms with Gasteiger partial charge in [0.1, 0.15) is 37.0 Å². The highest BCUT2D eigenvalue weighted by Gasteiger charge is 2.65. The fourth-order valence-electron chi connectivity index (χ4n) is 21.5. The number of carbonyl (C=O) groups excluding carboxylic acids is 6. The zero-order valence-electron chi connectivity index (χ0n) is 71.6. The smallest absolute Gasteiger partial charge is 0.331 e. The predicted molar refractivity (Wildman–Crippen MR) is 462 cm³/mol. The molecular weight excluding hydrogens is 1650 g/mol. The average Bonchev–Trinajstić information content (AvgIpc) is 1.51. The Morgan fingerprint density at radius 1 is 0.504 bits per heavy atom. The van der Waals surface area contributed by atoms with Gasteiger partial charge in [0.25, 0.3) is 0 Å². The minimum atomic E-state index is -1.39. The number of piperazine rings is 2. The molecule has 2 spiro atoms. The summed E-state index contributed by atoms with van der Waals surface area (Å²) in [5.74, 6) is 2.07. The molecule has 0 aliphatic carbocycles. The summed E-state index contributed by atoms with van der Waals surface area (Å²) < 4.78 is 86.5. The van der Waals surface area contributed by atoms with Crippen molar-refractivity contribution in [2.75, 3.05) is 93.9 Å². The number of phenolic OH excluding ortho intramolecular Hbond substituents is 2. The number of hydrogen-bond acceptors (Lipinski definition) is 32. The number of likely N-dealkylation sites (N-methyl/N-ethyl adjacent to an activating group) is 2. The lowest BCUT2D eigenvalue weighted by molar-refractivity contribution is -0.186. The second-order valence-corrected chi connectivity index (χ2v) is 36.0. The standard InChI is InChI=1S/C46H52N4O11S.C45H53N3O12S.2CH4/c1-8-10-32(52)60-40-23(4)41-42(59-21-58-41)35-29-19-57-45(54)46(26-17-31(55-6)30(51)16-24(26)12-13-48-46)20-62-44(36(35)40)38-37-34-25(15-27(49(37)5)28(18-47)50(29)38)14-22(3)39(56-7)43(34)61-33(53)11-9-2;1-8-10-30(50)59-38-22(4)39-40(58-20-57-39)33-27-18-56-44(53)45(25-17-29(54-6)28(49)16-23(25)12-13-46-45)19-61-42(34(33)38)36-35-32-24(15-26(47(35)5)43(52)48(27)36)14-21(3)37(55-7)41(32)60-31(51)11-9-2;;/h14,16-17,27-29,37-38,44,48,51H,8-13,15,19-21H2,1-7H3;14,16-17,26-27,35-36,42-43,46,49,52H,8-13,15,18-20H2,1-7H3;2*1H4/t27-,28-,29-,37+,38?,44+,46+;26-,27-,35+,36?,42+,43-,45+;;/m00../s1. The van der Waals surface area contributed by atoms with Gasteiger partial charge in [-0.25, -0.2) is 9.59 Å². The van der Waals surface area contributed by atoms with Crippen LogP contribution in [0.1, 0.15) is 218 Å². The quantitative estimate of drug-likeness (QED) is 0.0444. The number of aliphatic hydroxyl groups excluding tert-OH is 1. The van der Waals surface area contributed by atoms with E-state index in [9.17, 15) is 49.3 Å². The summed E-state index contributed by atoms with van der Waals surface area (Å²) in [6.45, 7) is 15.5. The molecule has 14 atom stereocenters. The number of fused-ring (bicyclic) bond motifs is 18. The van der Waals surface area contributed by atoms with Crippen LogP contribution in [0, 0.1) is 39.0 Å². The number of ether oxygens (including phenoxy) is 14. The Labute approximate surface area is 736 Å². The van der Waals surface area contributed by atoms with Crippen molar-refractivity contribution in [2.45, 2.75) is 229 Å². The first-order chi connectivity index (χ1) is 59.3. The van der Waals surface area contributed by atoms with E-state index in [2.05, 4.69) is 43.5 Å². The Hall–Kier alpha value is -9.95. The number of esters is 6. The molecule has 0 aromatic heterocycles. The van der Waals surface area contributed by atoms with Crippen molar-refractivity contribution in [3.8, 4) is 86.6 Å². The highest BCUT2D eigenvalue weighted by molar-refractivity contribution is 7.99. The van der Waals surface area contributed by atoms with Gasteiger partial charge in [-0.3, -0.25) is 49.4 Å². The minimum Gasteiger partial charge on any atom is -0.504 e. The molecule has 4 fully saturated rings. The van der Waals surface area contributed by atoms with E-state index < -0.39 is 100 Å². The van der Waals surface area contributed by atoms with Crippen LogP contribution >= 0.6 is 23.5 Å². The molecule has 14 aliphatic rings. The molecule has 0 radical (unpaired) electrons. The van der Waals surface area contributed by atoms with Gasteiger partial charge in [-0.2, -0.15) is 5.26 Å². The van der Waals surface area contributed by atoms with Crippen molar-refractivity contribution in [1.29, 1.82) is 5.26 Å². The molecule has 8 bridgehead atoms. The second-order valence-electron chi connectivity index (χ2n) is 33.7. The van der Waals surface area contributed by atoms with Crippen molar-refractivity contribution in [3.05, 3.63) is 125 Å². The molecule has 20 rings (SSSR count). The topological polar surface area (TPSA) is 353 Å². The molecule has 2 unspecified atom stereocenters. The van der Waals surface area contributed by atoms with Gasteiger partial charge in [0.2, 0.25) is 13.6 Å². The lowest BCUT2D eigenvalue weighted by atomic mass is 9.71. The zero-order chi connectivity index (χ0) is 86.8. The van der Waals surface area contributed by atoms with Crippen LogP contribution < -0.4 is 67.5 Å². The molecule has 4 saturated heterocycles. The summed E-state index contributed by atoms with van der Waals surface area (Å²) in [7, 11) is 10.1. The Kier molecular flexibility index (Phi) is 25.4. The van der Waals surface area contributed by atoms with Gasteiger partial charge in [0.15, 0.2) is 80.1 Å². The normalized spacial score (nSPS) is 26.7. The number of hydrogen-bond donors (Lipinski definition) is 5. The number of methoxy groups -OCH3 is 4. The first kappa shape index (κ1) is 89.9. The molecule has 5 N–H and O–H groups in total. The first-order valence-corrected chi connectivity index (χ1v) is 44.5. The van der Waals surface area contributed by atoms with Crippen molar-refractivity contribution >= 4 is 59.3 Å². The van der Waals surface area contributed by atoms with Crippen LogP contribution in [0.5, 0.6) is 80.5 Å². The highest BCUT2D eigenvalue weighted by Crippen LogP contribution is 2.68. The summed E-state index contributed by atoms with van der Waals surface area (Å²) in [5, 5.41) is 51.7. The number of nitrogens with one attached hydrogen (secondary N) is 2. The average molecular weight is 1760 g/mol. The minimum absolute atomic E-state index is 0. The third-order valence-electron chi connectivity index (χ3n) is 26.9. The van der Waals surface area contributed by atoms with Gasteiger partial charge in [0.05, 0.1) is 75.2 Å². The van der Waals surface area contributed by atoms with E-state index in [1.807, 2.05) is 74.4 Å². The van der Waals surface area contributed by atoms with Gasteiger partial charge in [-0.05, 0) is 162 Å². The molecule has 0 amide bonds. The maximum absolute atomic E-state index is 15.0. The number of thioether (sulfide) groups is 2. The Morgan fingerprint density at radius 2 is 0.888 bits per heavy atom. The molecule has 0 saturated carbocycles. The Morgan fingerprint density at radius 3 is 1.29 bits per heavy atom. The summed E-state index contributed by atoms with van der Waals surface area (Å²) in [6, 6.07) is 8.22. The molecule has 6 aromatic carbocycles. The van der Waals surface area contributed by atoms with Gasteiger partial charge >= 0.3 is 35.8 Å². The fraction of sp³-hybridized carbons (Fsp3) is 0.538. The van der Waals surface area contributed by atoms with E-state index >= 15 is 0 Å². The second kappa shape index (κ2) is 35.4. The van der Waals surface area contributed by atoms with Crippen LogP contribution in [0.3, 0.4) is 0 Å². The number of benzene rings is 6. The molecule has 125 heavy (non-hydrogen) atoms. The summed E-state index contributed by atoms with van der Waals surface area (Å²) in [6.07, 6.45) is 4.02. The highest BCUT2D eigenvalue weighted by atomic mass is 32.2. The number of nitrogens with zero attached hydrogens (tertiary/aromatic N) is 5. The summed E-state index contributed by atoms with van der Waals surface area (Å²) in [5.41, 5.74) is 8.90. The Bertz CT molecular complexity index is 5390. The summed E-state index contributed by atoms with van der Waals surface area (Å²) >= 11 is 2.97. The van der Waals surface area contributed by atoms with E-state index in [1.165, 1.54) is 37.7 Å². The number of aliphatic hydroxyl groups is 1. The molecular formula is C93H113N7O23S2. The Balaban J connectivity index is 0.000000190. The lowest BCUT2D eigenvalue weighted by Gasteiger charge is -2.62. The number of aryl methyl sites for hydroxylation is 2. The maximum atomic E-state index is 15.0. The number of rotatable bonds is 16. The molecule has 14 aliphatic heterocycles. The van der Waals surface area contributed by atoms with E-state index in [-0.39, 0.29) is 120 Å². The number of aromatic hydroxyl groups is 2. The fourth-order valence-corrected chi connectivity index (χ4v) is 24.9. The van der Waals surface area contributed by atoms with Gasteiger partial charge in [0, 0.05) is 113 Å². The van der Waals surface area contributed by atoms with E-state index in [1.54, 1.807) is 38.5 Å². The number of nitriles is 1. The largest absolute Gasteiger partial charge is 0.504 e. The van der Waals surface area contributed by atoms with E-state index in [0.717, 1.165) is 44.5 Å². The van der Waals surface area contributed by atoms with Crippen molar-refractivity contribution in [1.82, 2.24) is 30.2 Å². The van der Waals surface area contributed by atoms with Gasteiger partial charge in [-0.15, -0.1) is 23.5 Å². The number of carbonyl (C=O) groups is 6. The predicted octanol–water partition coefficient (Wildman–Crippen LogP) is 12.2. The van der Waals surface area contributed by atoms with E-state index in [0.29, 0.717) is 166 Å². The van der Waals surface area contributed by atoms with Crippen LogP contribution in [-0.4, -0.2) is 201 Å². The molecule has 30 nitrogen and oxygen atoms in total. The van der Waals surface area contributed by atoms with Crippen LogP contribution in [0.2, 0.25) is 0 Å². The molecule has 6 aromatic rings. The molecule has 32 heteroatoms. The lowest BCUT2D eigenvalue weighted by Crippen LogP contribution is -2.70. The van der Waals surface area contributed by atoms with Gasteiger partial charge < -0.3 is 81.6 Å². The molecule has 14 heterocycles. The van der Waals surface area contributed by atoms with Crippen molar-refractivity contribution in [3.63, 3.8) is 0 Å². The van der Waals surface area contributed by atoms with Crippen molar-refractivity contribution < 1.29 is 110 Å². The number of phenols is 2. The SMILES string of the molecule is C.C.CCCC(=O)Oc1c(C)c2c(c3c1[C@H]1SC[C@]4(NCCc5cc(O)c(OC)cc54)C(=O)OC[C@@H]3N3C1[C@H]1c4c(cc(C)c(OC)c4OC(=O)CCC)C[C@@H]([C@@H]3C#N)N1C)OCO2.CCCC(=O)Oc1c(C)c2c(c3c1[C@H]1SC[C@]4(NCCc5cc(O)c(OC)cc54)C(=O)OC[C@@H]3N3C1[C@H]1c4c(cc(C)c(OC)c4OC(=O)CCC)C[C@@H]([C@@H]3O)N1C)OCO2. The monoisotopic (exact) mass is 1760 g/mol. The van der Waals surface area contributed by atoms with Crippen LogP contribution in [0.25, 0.3) is 0 Å². The van der Waals surface area contributed by atoms with Crippen LogP contribution in [0.15, 0.2) is 36.4 Å². The zero-order valence-corrected chi connectivity index (χ0v) is 73.2. The maximum Gasteiger partial charge on any atom is 0.331 e. The molecule has 670 valence electrons. The van der Waals surface area contributed by atoms with Gasteiger partial charge in [-0.1, -0.05) is 54.7 Å².